The summed E-state index contributed by atoms with van der Waals surface area (Å²) in [5.74, 6) is -1.60. The maximum Gasteiger partial charge on any atom is 0.472 e. The van der Waals surface area contributed by atoms with E-state index >= 15 is 0 Å². The average molecular weight is 1730 g/mol. The second kappa shape index (κ2) is 93.5. The van der Waals surface area contributed by atoms with Crippen LogP contribution < -0.4 is 0 Å². The van der Waals surface area contributed by atoms with Crippen molar-refractivity contribution < 1.29 is 75.8 Å². The van der Waals surface area contributed by atoms with Crippen molar-refractivity contribution >= 4 is 33.6 Å². The monoisotopic (exact) mass is 1730 g/mol. The van der Waals surface area contributed by atoms with E-state index in [0.717, 1.165) is 186 Å². The van der Waals surface area contributed by atoms with Crippen molar-refractivity contribution in [3.05, 3.63) is 194 Å². The molecule has 0 aromatic carbocycles. The first kappa shape index (κ1) is 115. The fourth-order valence-corrected chi connectivity index (χ4v) is 14.2. The van der Waals surface area contributed by atoms with Crippen LogP contribution in [-0.4, -0.2) is 95.9 Å². The number of phosphoric ester groups is 2. The van der Waals surface area contributed by atoms with Gasteiger partial charge in [-0.1, -0.05) is 389 Å². The summed E-state index contributed by atoms with van der Waals surface area (Å²) in [6.07, 6.45) is 125. The third-order valence-corrected chi connectivity index (χ3v) is 21.7. The minimum absolute atomic E-state index is 0.0792. The Morgan fingerprint density at radius 1 is 0.240 bits per heavy atom. The zero-order valence-corrected chi connectivity index (χ0v) is 77.9. The van der Waals surface area contributed by atoms with Gasteiger partial charge in [-0.2, -0.15) is 0 Å². The number of carbonyl (C=O) groups excluding carboxylic acids is 3. The first-order chi connectivity index (χ1) is 59.2. The number of allylic oxidation sites excluding steroid dienone is 32. The lowest BCUT2D eigenvalue weighted by atomic mass is 10.0. The van der Waals surface area contributed by atoms with Gasteiger partial charge in [-0.15, -0.1) is 0 Å². The molecular formula is C103H172O16P2. The van der Waals surface area contributed by atoms with Crippen molar-refractivity contribution in [2.75, 3.05) is 39.6 Å². The highest BCUT2D eigenvalue weighted by molar-refractivity contribution is 7.47. The van der Waals surface area contributed by atoms with Crippen molar-refractivity contribution in [1.29, 1.82) is 0 Å². The van der Waals surface area contributed by atoms with Gasteiger partial charge in [0.2, 0.25) is 0 Å². The zero-order valence-electron chi connectivity index (χ0n) is 76.1. The van der Waals surface area contributed by atoms with E-state index < -0.39 is 91.5 Å². The fourth-order valence-electron chi connectivity index (χ4n) is 12.6. The van der Waals surface area contributed by atoms with Gasteiger partial charge in [0, 0.05) is 19.3 Å². The van der Waals surface area contributed by atoms with Gasteiger partial charge in [-0.3, -0.25) is 32.5 Å². The standard InChI is InChI=1S/C103H172O16P2/c1-4-7-10-13-16-19-22-25-28-31-34-37-40-43-45-47-48-50-52-54-56-59-62-65-68-71-74-77-80-83-86-89-101(106)113-92-98(104)93-115-120(109,110)116-94-99(105)95-117-121(111,112)118-97-100(119-103(108)91-88-85-82-79-76-73-70-67-64-61-58-53-42-39-36-33-30-27-24-21-18-15-12-9-6-3)96-114-102(107)90-87-84-81-78-75-72-69-66-63-60-57-55-51-49-46-44-41-38-35-32-29-26-23-20-17-14-11-8-5-2/h8-9,11-12,16-21,25-30,34-39,43-46,51,53,55,58,64,67,98-100,104-105H,4-7,10,13-15,22-24,31-33,40-42,47-50,52,54,56-57,59-63,65-66,68-97H2,1-3H3,(H,109,110)(H,111,112)/b11-8-,12-9-,19-16-,20-17-,21-18-,28-25-,29-26-,30-27-,37-34-,38-35-,39-36-,45-43-,46-44-,55-51-,58-53-,67-64-. The molecule has 0 aliphatic carbocycles. The Labute approximate surface area is 737 Å². The molecule has 0 aromatic heterocycles. The highest BCUT2D eigenvalue weighted by Crippen LogP contribution is 2.45. The van der Waals surface area contributed by atoms with Gasteiger partial charge >= 0.3 is 33.6 Å². The number of esters is 3. The van der Waals surface area contributed by atoms with Crippen molar-refractivity contribution in [1.82, 2.24) is 0 Å². The van der Waals surface area contributed by atoms with E-state index in [1.165, 1.54) is 135 Å². The van der Waals surface area contributed by atoms with E-state index in [9.17, 15) is 43.5 Å². The Balaban J connectivity index is 4.66. The summed E-state index contributed by atoms with van der Waals surface area (Å²) in [7, 11) is -9.83. The highest BCUT2D eigenvalue weighted by Gasteiger charge is 2.30. The summed E-state index contributed by atoms with van der Waals surface area (Å²) in [4.78, 5) is 59.1. The van der Waals surface area contributed by atoms with Gasteiger partial charge in [0.1, 0.15) is 25.4 Å². The van der Waals surface area contributed by atoms with Gasteiger partial charge in [0.15, 0.2) is 6.10 Å². The fraction of sp³-hybridized carbons (Fsp3) is 0.660. The third-order valence-electron chi connectivity index (χ3n) is 19.8. The Hall–Kier alpha value is -5.61. The number of ether oxygens (including phenoxy) is 3. The molecule has 0 aromatic rings. The van der Waals surface area contributed by atoms with Crippen LogP contribution in [0.4, 0.5) is 0 Å². The van der Waals surface area contributed by atoms with Crippen LogP contribution in [0.1, 0.15) is 380 Å². The van der Waals surface area contributed by atoms with Gasteiger partial charge in [-0.05, 0) is 167 Å². The molecule has 690 valence electrons. The van der Waals surface area contributed by atoms with E-state index in [4.69, 9.17) is 32.3 Å². The number of hydrogen-bond acceptors (Lipinski definition) is 14. The van der Waals surface area contributed by atoms with Crippen LogP contribution in [0.3, 0.4) is 0 Å². The number of phosphoric acid groups is 2. The number of aliphatic hydroxyl groups is 2. The molecular weight excluding hydrogens is 1560 g/mol. The summed E-state index contributed by atoms with van der Waals surface area (Å²) in [5.41, 5.74) is 0. The van der Waals surface area contributed by atoms with Crippen LogP contribution in [0, 0.1) is 0 Å². The lowest BCUT2D eigenvalue weighted by Crippen LogP contribution is -2.30. The predicted molar refractivity (Wildman–Crippen MR) is 509 cm³/mol. The summed E-state index contributed by atoms with van der Waals surface area (Å²) in [6.45, 7) is 2.44. The average Bonchev–Trinajstić information content (AvgIpc) is 0.873. The van der Waals surface area contributed by atoms with Crippen LogP contribution in [0.25, 0.3) is 0 Å². The lowest BCUT2D eigenvalue weighted by Gasteiger charge is -2.21. The molecule has 16 nitrogen and oxygen atoms in total. The quantitative estimate of drug-likeness (QED) is 0.0146. The molecule has 0 aliphatic heterocycles. The lowest BCUT2D eigenvalue weighted by molar-refractivity contribution is -0.161. The summed E-state index contributed by atoms with van der Waals surface area (Å²) < 4.78 is 61.6. The number of unbranched alkanes of at least 4 members (excludes halogenated alkanes) is 34. The number of rotatable bonds is 89. The molecule has 0 fully saturated rings. The molecule has 0 saturated carbocycles. The molecule has 18 heteroatoms. The van der Waals surface area contributed by atoms with Crippen LogP contribution in [0.5, 0.6) is 0 Å². The number of aliphatic hydroxyl groups excluding tert-OH is 2. The largest absolute Gasteiger partial charge is 0.472 e. The molecule has 0 heterocycles. The van der Waals surface area contributed by atoms with E-state index in [1.807, 2.05) is 0 Å². The number of carbonyl (C=O) groups is 3. The topological polar surface area (TPSA) is 231 Å². The highest BCUT2D eigenvalue weighted by atomic mass is 31.2. The van der Waals surface area contributed by atoms with Crippen LogP contribution in [0.2, 0.25) is 0 Å². The normalized spacial score (nSPS) is 14.6. The molecule has 121 heavy (non-hydrogen) atoms. The summed E-state index contributed by atoms with van der Waals surface area (Å²) in [6, 6.07) is 0. The maximum absolute atomic E-state index is 13.1. The van der Waals surface area contributed by atoms with Crippen molar-refractivity contribution in [2.45, 2.75) is 399 Å². The van der Waals surface area contributed by atoms with Gasteiger partial charge in [0.25, 0.3) is 0 Å². The van der Waals surface area contributed by atoms with Gasteiger partial charge < -0.3 is 34.2 Å². The van der Waals surface area contributed by atoms with Crippen molar-refractivity contribution in [3.8, 4) is 0 Å². The summed E-state index contributed by atoms with van der Waals surface area (Å²) >= 11 is 0. The molecule has 4 N–H and O–H groups in total. The first-order valence-corrected chi connectivity index (χ1v) is 50.7. The molecule has 0 aliphatic rings. The summed E-state index contributed by atoms with van der Waals surface area (Å²) in [5, 5.41) is 20.8. The van der Waals surface area contributed by atoms with Crippen LogP contribution >= 0.6 is 15.6 Å². The Kier molecular flexibility index (Phi) is 89.2. The van der Waals surface area contributed by atoms with Crippen molar-refractivity contribution in [3.63, 3.8) is 0 Å². The molecule has 5 atom stereocenters. The Bertz CT molecular complexity index is 2980. The zero-order chi connectivity index (χ0) is 87.9. The molecule has 5 unspecified atom stereocenters. The molecule has 0 rings (SSSR count). The van der Waals surface area contributed by atoms with Gasteiger partial charge in [-0.25, -0.2) is 9.13 Å². The molecule has 0 bridgehead atoms. The predicted octanol–water partition coefficient (Wildman–Crippen LogP) is 29.8. The first-order valence-electron chi connectivity index (χ1n) is 47.7. The minimum atomic E-state index is -4.96. The number of hydrogen-bond donors (Lipinski definition) is 4. The van der Waals surface area contributed by atoms with E-state index in [0.29, 0.717) is 19.3 Å². The SMILES string of the molecule is CC/C=C\C/C=C\C/C=C\C/C=C\C/C=C\C/C=C\CCCCCCCCCCCCC(=O)OCC(COP(=O)(O)OCC(O)COP(=O)(O)OCC(O)COC(=O)CCCCCCCCCCCCCCCCC/C=C\C/C=C\C/C=C\C/C=C\CCCCC)OC(=O)CCCCCCCC/C=C\C/C=C\C/C=C\C/C=C\C/C=C\C/C=C\CC. The molecule has 0 radical (unpaired) electrons. The smallest absolute Gasteiger partial charge is 0.463 e. The van der Waals surface area contributed by atoms with E-state index in [1.54, 1.807) is 0 Å². The maximum atomic E-state index is 13.1. The van der Waals surface area contributed by atoms with E-state index in [-0.39, 0.29) is 19.3 Å². The Morgan fingerprint density at radius 2 is 0.438 bits per heavy atom. The van der Waals surface area contributed by atoms with E-state index in [2.05, 4.69) is 215 Å². The van der Waals surface area contributed by atoms with Crippen LogP contribution in [0.15, 0.2) is 194 Å². The third kappa shape index (κ3) is 94.9. The van der Waals surface area contributed by atoms with Crippen LogP contribution in [-0.2, 0) is 55.8 Å². The second-order valence-electron chi connectivity index (χ2n) is 31.4. The van der Waals surface area contributed by atoms with Crippen molar-refractivity contribution in [2.24, 2.45) is 0 Å². The molecule has 0 spiro atoms. The Morgan fingerprint density at radius 3 is 0.694 bits per heavy atom. The minimum Gasteiger partial charge on any atom is -0.463 e. The molecule has 0 amide bonds. The molecule has 0 saturated heterocycles. The second-order valence-corrected chi connectivity index (χ2v) is 34.3. The van der Waals surface area contributed by atoms with Gasteiger partial charge in [0.05, 0.1) is 26.4 Å².